The fraction of sp³-hybridized carbons (Fsp3) is 0.667. The average molecular weight is 219 g/mol. The number of nitrogens with zero attached hydrogens (tertiary/aromatic N) is 2. The van der Waals surface area contributed by atoms with Gasteiger partial charge in [-0.15, -0.1) is 5.10 Å². The minimum absolute atomic E-state index is 0.616. The smallest absolute Gasteiger partial charge is 0.217 e. The normalized spacial score (nSPS) is 10.4. The van der Waals surface area contributed by atoms with Crippen LogP contribution in [0.3, 0.4) is 0 Å². The van der Waals surface area contributed by atoms with Crippen molar-refractivity contribution in [1.82, 2.24) is 20.5 Å². The molecule has 11 heavy (non-hydrogen) atoms. The van der Waals surface area contributed by atoms with E-state index in [2.05, 4.69) is 43.4 Å². The summed E-state index contributed by atoms with van der Waals surface area (Å²) in [7, 11) is 0. The molecule has 0 bridgehead atoms. The molecule has 1 heterocycles. The van der Waals surface area contributed by atoms with Crippen molar-refractivity contribution in [2.75, 3.05) is 6.54 Å². The average Bonchev–Trinajstić information content (AvgIpc) is 2.37. The molecular formula is C6H11BrN4. The van der Waals surface area contributed by atoms with Crippen molar-refractivity contribution in [3.05, 3.63) is 10.6 Å². The number of rotatable bonds is 4. The molecule has 0 atom stereocenters. The van der Waals surface area contributed by atoms with Crippen LogP contribution < -0.4 is 5.32 Å². The first-order valence-corrected chi connectivity index (χ1v) is 4.39. The zero-order valence-electron chi connectivity index (χ0n) is 6.39. The maximum atomic E-state index is 4.07. The van der Waals surface area contributed by atoms with Gasteiger partial charge in [0.1, 0.15) is 5.82 Å². The van der Waals surface area contributed by atoms with Crippen molar-refractivity contribution in [3.8, 4) is 0 Å². The Bertz CT molecular complexity index is 210. The van der Waals surface area contributed by atoms with Crippen molar-refractivity contribution in [3.63, 3.8) is 0 Å². The molecule has 0 saturated carbocycles. The SMILES string of the molecule is CCCNCc1nc(Br)n[nH]1. The van der Waals surface area contributed by atoms with Crippen LogP contribution in [0, 0.1) is 0 Å². The number of H-pyrrole nitrogens is 1. The Morgan fingerprint density at radius 1 is 1.64 bits per heavy atom. The van der Waals surface area contributed by atoms with E-state index in [1.807, 2.05) is 0 Å². The van der Waals surface area contributed by atoms with Gasteiger partial charge in [-0.3, -0.25) is 5.10 Å². The van der Waals surface area contributed by atoms with Crippen LogP contribution in [0.25, 0.3) is 0 Å². The number of hydrogen-bond acceptors (Lipinski definition) is 3. The number of nitrogens with one attached hydrogen (secondary N) is 2. The molecule has 0 fully saturated rings. The maximum absolute atomic E-state index is 4.07. The van der Waals surface area contributed by atoms with Gasteiger partial charge in [-0.1, -0.05) is 6.92 Å². The van der Waals surface area contributed by atoms with Gasteiger partial charge in [-0.25, -0.2) is 4.98 Å². The number of aromatic nitrogens is 3. The lowest BCUT2D eigenvalue weighted by Crippen LogP contribution is -2.14. The first-order chi connectivity index (χ1) is 5.33. The third-order valence-corrected chi connectivity index (χ3v) is 1.58. The second-order valence-electron chi connectivity index (χ2n) is 2.23. The van der Waals surface area contributed by atoms with E-state index >= 15 is 0 Å². The monoisotopic (exact) mass is 218 g/mol. The van der Waals surface area contributed by atoms with Crippen LogP contribution in [0.4, 0.5) is 0 Å². The highest BCUT2D eigenvalue weighted by molar-refractivity contribution is 9.10. The molecule has 0 saturated heterocycles. The Balaban J connectivity index is 2.27. The fourth-order valence-electron chi connectivity index (χ4n) is 0.735. The second-order valence-corrected chi connectivity index (χ2v) is 2.94. The van der Waals surface area contributed by atoms with Crippen LogP contribution in [0.2, 0.25) is 0 Å². The predicted molar refractivity (Wildman–Crippen MR) is 46.1 cm³/mol. The summed E-state index contributed by atoms with van der Waals surface area (Å²) >= 11 is 3.16. The number of aromatic amines is 1. The van der Waals surface area contributed by atoms with Gasteiger partial charge in [0.15, 0.2) is 0 Å². The molecule has 62 valence electrons. The van der Waals surface area contributed by atoms with E-state index in [1.165, 1.54) is 0 Å². The van der Waals surface area contributed by atoms with Gasteiger partial charge < -0.3 is 5.32 Å². The van der Waals surface area contributed by atoms with E-state index in [4.69, 9.17) is 0 Å². The number of hydrogen-bond donors (Lipinski definition) is 2. The van der Waals surface area contributed by atoms with E-state index in [-0.39, 0.29) is 0 Å². The standard InChI is InChI=1S/C6H11BrN4/c1-2-3-8-4-5-9-6(7)11-10-5/h8H,2-4H2,1H3,(H,9,10,11). The third kappa shape index (κ3) is 2.98. The summed E-state index contributed by atoms with van der Waals surface area (Å²) < 4.78 is 0.616. The fourth-order valence-corrected chi connectivity index (χ4v) is 1.04. The van der Waals surface area contributed by atoms with Crippen LogP contribution in [0.1, 0.15) is 19.2 Å². The van der Waals surface area contributed by atoms with Crippen molar-refractivity contribution < 1.29 is 0 Å². The first kappa shape index (κ1) is 8.67. The van der Waals surface area contributed by atoms with Crippen LogP contribution >= 0.6 is 15.9 Å². The Labute approximate surface area is 73.9 Å². The highest BCUT2D eigenvalue weighted by atomic mass is 79.9. The summed E-state index contributed by atoms with van der Waals surface area (Å²) in [6, 6.07) is 0. The summed E-state index contributed by atoms with van der Waals surface area (Å²) in [5.74, 6) is 0.866. The molecule has 0 aliphatic rings. The van der Waals surface area contributed by atoms with Crippen LogP contribution in [-0.2, 0) is 6.54 Å². The largest absolute Gasteiger partial charge is 0.310 e. The second kappa shape index (κ2) is 4.46. The third-order valence-electron chi connectivity index (χ3n) is 1.22. The molecule has 1 aromatic heterocycles. The Morgan fingerprint density at radius 2 is 2.45 bits per heavy atom. The summed E-state index contributed by atoms with van der Waals surface area (Å²) in [5.41, 5.74) is 0. The van der Waals surface area contributed by atoms with Crippen LogP contribution in [0.15, 0.2) is 4.73 Å². The van der Waals surface area contributed by atoms with Gasteiger partial charge in [0.05, 0.1) is 6.54 Å². The molecule has 2 N–H and O–H groups in total. The van der Waals surface area contributed by atoms with Gasteiger partial charge in [0.2, 0.25) is 4.73 Å². The van der Waals surface area contributed by atoms with Crippen molar-refractivity contribution in [2.45, 2.75) is 19.9 Å². The van der Waals surface area contributed by atoms with Crippen molar-refractivity contribution in [1.29, 1.82) is 0 Å². The topological polar surface area (TPSA) is 53.6 Å². The molecule has 0 unspecified atom stereocenters. The van der Waals surface area contributed by atoms with Gasteiger partial charge in [-0.05, 0) is 28.9 Å². The summed E-state index contributed by atoms with van der Waals surface area (Å²) in [6.07, 6.45) is 1.13. The van der Waals surface area contributed by atoms with Crippen LogP contribution in [0.5, 0.6) is 0 Å². The quantitative estimate of drug-likeness (QED) is 0.744. The molecular weight excluding hydrogens is 208 g/mol. The Kier molecular flexibility index (Phi) is 3.51. The van der Waals surface area contributed by atoms with Gasteiger partial charge in [-0.2, -0.15) is 0 Å². The lowest BCUT2D eigenvalue weighted by atomic mass is 10.5. The molecule has 0 aromatic carbocycles. The Hall–Kier alpha value is -0.420. The zero-order chi connectivity index (χ0) is 8.10. The lowest BCUT2D eigenvalue weighted by molar-refractivity contribution is 0.652. The summed E-state index contributed by atoms with van der Waals surface area (Å²) in [5, 5.41) is 9.84. The first-order valence-electron chi connectivity index (χ1n) is 3.60. The summed E-state index contributed by atoms with van der Waals surface area (Å²) in [4.78, 5) is 4.07. The Morgan fingerprint density at radius 3 is 3.00 bits per heavy atom. The lowest BCUT2D eigenvalue weighted by Gasteiger charge is -1.96. The molecule has 1 rings (SSSR count). The maximum Gasteiger partial charge on any atom is 0.217 e. The zero-order valence-corrected chi connectivity index (χ0v) is 7.98. The molecule has 1 aromatic rings. The van der Waals surface area contributed by atoms with Crippen molar-refractivity contribution >= 4 is 15.9 Å². The molecule has 0 spiro atoms. The van der Waals surface area contributed by atoms with Gasteiger partial charge >= 0.3 is 0 Å². The van der Waals surface area contributed by atoms with Gasteiger partial charge in [0.25, 0.3) is 0 Å². The summed E-state index contributed by atoms with van der Waals surface area (Å²) in [6.45, 7) is 3.90. The molecule has 0 aliphatic heterocycles. The predicted octanol–water partition coefficient (Wildman–Crippen LogP) is 1.07. The van der Waals surface area contributed by atoms with Crippen molar-refractivity contribution in [2.24, 2.45) is 0 Å². The molecule has 0 radical (unpaired) electrons. The van der Waals surface area contributed by atoms with E-state index in [9.17, 15) is 0 Å². The highest BCUT2D eigenvalue weighted by Crippen LogP contribution is 1.99. The molecule has 4 nitrogen and oxygen atoms in total. The van der Waals surface area contributed by atoms with Gasteiger partial charge in [0, 0.05) is 0 Å². The van der Waals surface area contributed by atoms with E-state index in [0.29, 0.717) is 4.73 Å². The van der Waals surface area contributed by atoms with E-state index in [0.717, 1.165) is 25.3 Å². The highest BCUT2D eigenvalue weighted by Gasteiger charge is 1.97. The van der Waals surface area contributed by atoms with Crippen LogP contribution in [-0.4, -0.2) is 21.7 Å². The molecule has 0 aliphatic carbocycles. The van der Waals surface area contributed by atoms with E-state index in [1.54, 1.807) is 0 Å². The number of halogens is 1. The molecule has 0 amide bonds. The minimum atomic E-state index is 0.616. The van der Waals surface area contributed by atoms with E-state index < -0.39 is 0 Å². The minimum Gasteiger partial charge on any atom is -0.310 e. The molecule has 5 heteroatoms.